The van der Waals surface area contributed by atoms with Gasteiger partial charge < -0.3 is 14.5 Å². The van der Waals surface area contributed by atoms with Gasteiger partial charge in [0.2, 0.25) is 0 Å². The number of halogens is 3. The molecular weight excluding hydrogens is 661 g/mol. The molecule has 0 aromatic heterocycles. The maximum atomic E-state index is 14.2. The molecule has 2 aliphatic heterocycles. The summed E-state index contributed by atoms with van der Waals surface area (Å²) in [7, 11) is 2.37. The van der Waals surface area contributed by atoms with Crippen molar-refractivity contribution in [2.24, 2.45) is 0 Å². The second kappa shape index (κ2) is 13.5. The van der Waals surface area contributed by atoms with Crippen LogP contribution in [-0.2, 0) is 32.3 Å². The highest BCUT2D eigenvalue weighted by molar-refractivity contribution is 7.90. The lowest BCUT2D eigenvalue weighted by Gasteiger charge is -2.42. The molecule has 1 fully saturated rings. The number of sulfonamides is 1. The fourth-order valence-corrected chi connectivity index (χ4v) is 7.11. The van der Waals surface area contributed by atoms with Gasteiger partial charge in [-0.3, -0.25) is 0 Å². The highest BCUT2D eigenvalue weighted by Crippen LogP contribution is 2.45. The molecule has 0 bridgehead atoms. The van der Waals surface area contributed by atoms with E-state index >= 15 is 0 Å². The number of nitrogens with zero attached hydrogens (tertiary/aromatic N) is 6. The van der Waals surface area contributed by atoms with E-state index in [4.69, 9.17) is 4.74 Å². The Morgan fingerprint density at radius 1 is 1.02 bits per heavy atom. The topological polar surface area (TPSA) is 117 Å². The Balaban J connectivity index is 1.67. The molecule has 0 radical (unpaired) electrons. The molecule has 5 rings (SSSR count). The summed E-state index contributed by atoms with van der Waals surface area (Å²) in [5.41, 5.74) is 0.224. The maximum absolute atomic E-state index is 14.2. The number of rotatable bonds is 10. The lowest BCUT2D eigenvalue weighted by Crippen LogP contribution is -2.71. The van der Waals surface area contributed by atoms with Crippen LogP contribution in [0.5, 0.6) is 0 Å². The molecule has 2 aliphatic rings. The van der Waals surface area contributed by atoms with Gasteiger partial charge in [0.15, 0.2) is 0 Å². The van der Waals surface area contributed by atoms with Gasteiger partial charge in [0, 0.05) is 19.6 Å². The number of allylic oxidation sites excluding steroid dienone is 1. The molecule has 256 valence electrons. The SMILES string of the molecule is COC(=O)C1=C(C)[N+](c2cccc(C(F)(F)F)c2)=C2N(C(=O)N2S(=O)(=O)c2ccc(CN(C)CCN(C)C)cc2)C1c1ccc(C#N)cc1. The van der Waals surface area contributed by atoms with Gasteiger partial charge in [-0.25, -0.2) is 14.2 Å². The van der Waals surface area contributed by atoms with Gasteiger partial charge in [-0.05, 0) is 86.0 Å². The van der Waals surface area contributed by atoms with Crippen molar-refractivity contribution in [2.45, 2.75) is 30.6 Å². The van der Waals surface area contributed by atoms with Crippen LogP contribution in [0.15, 0.2) is 89.0 Å². The Morgan fingerprint density at radius 3 is 2.24 bits per heavy atom. The summed E-state index contributed by atoms with van der Waals surface area (Å²) in [6.07, 6.45) is -4.74. The first-order valence-corrected chi connectivity index (χ1v) is 16.5. The number of carbonyl (C=O) groups excluding carboxylic acids is 2. The second-order valence-corrected chi connectivity index (χ2v) is 13.7. The van der Waals surface area contributed by atoms with Crippen molar-refractivity contribution in [3.63, 3.8) is 0 Å². The first-order valence-electron chi connectivity index (χ1n) is 15.0. The summed E-state index contributed by atoms with van der Waals surface area (Å²) in [6, 6.07) is 15.8. The third-order valence-corrected chi connectivity index (χ3v) is 9.94. The van der Waals surface area contributed by atoms with Crippen LogP contribution in [0.2, 0.25) is 0 Å². The quantitative estimate of drug-likeness (QED) is 0.217. The van der Waals surface area contributed by atoms with Crippen molar-refractivity contribution < 1.29 is 40.5 Å². The molecule has 0 saturated carbocycles. The van der Waals surface area contributed by atoms with Crippen molar-refractivity contribution >= 4 is 33.7 Å². The van der Waals surface area contributed by atoms with Gasteiger partial charge in [-0.1, -0.05) is 30.3 Å². The van der Waals surface area contributed by atoms with Gasteiger partial charge in [-0.15, -0.1) is 0 Å². The zero-order chi connectivity index (χ0) is 35.8. The number of likely N-dealkylation sites (N-methyl/N-ethyl adjacent to an activating group) is 2. The van der Waals surface area contributed by atoms with Gasteiger partial charge >= 0.3 is 34.2 Å². The number of methoxy groups -OCH3 is 1. The number of carbonyl (C=O) groups is 2. The largest absolute Gasteiger partial charge is 0.467 e. The van der Waals surface area contributed by atoms with E-state index in [9.17, 15) is 36.4 Å². The number of urea groups is 1. The minimum Gasteiger partial charge on any atom is -0.465 e. The van der Waals surface area contributed by atoms with Crippen LogP contribution in [0, 0.1) is 11.3 Å². The smallest absolute Gasteiger partial charge is 0.465 e. The zero-order valence-electron chi connectivity index (χ0n) is 27.4. The van der Waals surface area contributed by atoms with Gasteiger partial charge in [0.05, 0.1) is 30.0 Å². The number of guanidine groups is 1. The van der Waals surface area contributed by atoms with Crippen LogP contribution in [-0.4, -0.2) is 91.3 Å². The molecule has 0 spiro atoms. The molecule has 3 aromatic carbocycles. The molecule has 1 unspecified atom stereocenters. The fraction of sp³-hybridized carbons (Fsp3) is 0.294. The predicted octanol–water partition coefficient (Wildman–Crippen LogP) is 4.90. The van der Waals surface area contributed by atoms with Crippen molar-refractivity contribution in [3.05, 3.63) is 106 Å². The molecule has 0 N–H and O–H groups in total. The summed E-state index contributed by atoms with van der Waals surface area (Å²) in [5.74, 6) is -1.18. The van der Waals surface area contributed by atoms with E-state index in [1.807, 2.05) is 32.1 Å². The second-order valence-electron chi connectivity index (χ2n) is 11.9. The lowest BCUT2D eigenvalue weighted by atomic mass is 9.92. The molecule has 0 aliphatic carbocycles. The minimum absolute atomic E-state index is 0.0376. The van der Waals surface area contributed by atoms with E-state index in [0.717, 1.165) is 53.4 Å². The molecule has 2 heterocycles. The average Bonchev–Trinajstić information content (AvgIpc) is 3.06. The number of alkyl halides is 3. The number of amides is 2. The number of hydrogen-bond donors (Lipinski definition) is 0. The van der Waals surface area contributed by atoms with E-state index in [1.165, 1.54) is 49.4 Å². The molecule has 11 nitrogen and oxygen atoms in total. The van der Waals surface area contributed by atoms with Crippen LogP contribution < -0.4 is 0 Å². The van der Waals surface area contributed by atoms with Gasteiger partial charge in [0.1, 0.15) is 22.2 Å². The van der Waals surface area contributed by atoms with E-state index in [-0.39, 0.29) is 27.8 Å². The molecule has 1 atom stereocenters. The molecule has 1 saturated heterocycles. The summed E-state index contributed by atoms with van der Waals surface area (Å²) in [4.78, 5) is 32.3. The van der Waals surface area contributed by atoms with Gasteiger partial charge in [-0.2, -0.15) is 31.8 Å². The van der Waals surface area contributed by atoms with E-state index < -0.39 is 39.8 Å². The van der Waals surface area contributed by atoms with Crippen molar-refractivity contribution in [1.82, 2.24) is 19.0 Å². The van der Waals surface area contributed by atoms with Crippen LogP contribution in [0.4, 0.5) is 23.7 Å². The van der Waals surface area contributed by atoms with Crippen LogP contribution in [0.3, 0.4) is 0 Å². The van der Waals surface area contributed by atoms with Gasteiger partial charge in [0.25, 0.3) is 0 Å². The summed E-state index contributed by atoms with van der Waals surface area (Å²) >= 11 is 0. The van der Waals surface area contributed by atoms with Crippen molar-refractivity contribution in [2.75, 3.05) is 41.3 Å². The summed E-state index contributed by atoms with van der Waals surface area (Å²) in [5, 5.41) is 9.32. The molecule has 3 aromatic rings. The number of hydrogen-bond acceptors (Lipinski definition) is 8. The lowest BCUT2D eigenvalue weighted by molar-refractivity contribution is -0.403. The average molecular weight is 696 g/mol. The zero-order valence-corrected chi connectivity index (χ0v) is 28.2. The van der Waals surface area contributed by atoms with E-state index in [1.54, 1.807) is 12.1 Å². The normalized spacial score (nSPS) is 16.6. The standard InChI is InChI=1S/C34H34F3N6O5S/c1-22-29(31(44)48-5)30(25-13-9-23(20-38)10-14-25)42-32(41(22)27-8-6-7-26(19-27)34(35,36)37)43(33(42)45)49(46,47)28-15-11-24(12-16-28)21-40(4)18-17-39(2)3/h6-16,19,30H,17-18,21H2,1-5H3/q+1. The predicted molar refractivity (Wildman–Crippen MR) is 173 cm³/mol. The minimum atomic E-state index is -4.74. The Morgan fingerprint density at radius 2 is 1.67 bits per heavy atom. The summed E-state index contributed by atoms with van der Waals surface area (Å²) < 4.78 is 76.7. The highest BCUT2D eigenvalue weighted by Gasteiger charge is 2.66. The molecular formula is C34H34F3N6O5S+. The Labute approximate surface area is 282 Å². The number of nitriles is 1. The van der Waals surface area contributed by atoms with Crippen LogP contribution >= 0.6 is 0 Å². The van der Waals surface area contributed by atoms with Crippen molar-refractivity contribution in [3.8, 4) is 6.07 Å². The van der Waals surface area contributed by atoms with E-state index in [2.05, 4.69) is 4.90 Å². The Bertz CT molecular complexity index is 2000. The first kappa shape index (κ1) is 35.3. The van der Waals surface area contributed by atoms with Crippen LogP contribution in [0.1, 0.15) is 35.2 Å². The summed E-state index contributed by atoms with van der Waals surface area (Å²) in [6.45, 7) is 3.57. The highest BCUT2D eigenvalue weighted by atomic mass is 32.2. The number of esters is 1. The number of ether oxygens (including phenoxy) is 1. The van der Waals surface area contributed by atoms with Crippen LogP contribution in [0.25, 0.3) is 0 Å². The molecule has 15 heteroatoms. The first-order chi connectivity index (χ1) is 23.1. The molecule has 49 heavy (non-hydrogen) atoms. The Kier molecular flexibility index (Phi) is 9.69. The van der Waals surface area contributed by atoms with E-state index in [0.29, 0.717) is 22.0 Å². The third kappa shape index (κ3) is 6.67. The third-order valence-electron chi connectivity index (χ3n) is 8.27. The maximum Gasteiger partial charge on any atom is 0.467 e. The van der Waals surface area contributed by atoms with Crippen molar-refractivity contribution in [1.29, 1.82) is 5.26 Å². The number of fused-ring (bicyclic) bond motifs is 1. The number of benzene rings is 3. The fourth-order valence-electron chi connectivity index (χ4n) is 5.74. The Hall–Kier alpha value is -5.04. The monoisotopic (exact) mass is 695 g/mol. The molecule has 2 amide bonds.